The van der Waals surface area contributed by atoms with Crippen molar-refractivity contribution in [2.45, 2.75) is 46.6 Å². The number of nitrogens with one attached hydrogen (secondary N) is 1. The van der Waals surface area contributed by atoms with E-state index in [9.17, 15) is 4.79 Å². The van der Waals surface area contributed by atoms with Crippen molar-refractivity contribution in [2.75, 3.05) is 6.54 Å². The molecule has 0 spiro atoms. The molecule has 1 aromatic heterocycles. The Balaban J connectivity index is 1.73. The molecule has 0 saturated heterocycles. The van der Waals surface area contributed by atoms with Gasteiger partial charge in [-0.15, -0.1) is 0 Å². The molecule has 0 radical (unpaired) electrons. The number of para-hydroxylation sites is 1. The van der Waals surface area contributed by atoms with Gasteiger partial charge in [0.25, 0.3) is 0 Å². The molecule has 1 N–H and O–H groups in total. The number of nitrogens with zero attached hydrogens (tertiary/aromatic N) is 1. The van der Waals surface area contributed by atoms with E-state index >= 15 is 0 Å². The Bertz CT molecular complexity index is 908. The van der Waals surface area contributed by atoms with Gasteiger partial charge in [0, 0.05) is 36.6 Å². The van der Waals surface area contributed by atoms with E-state index in [1.165, 1.54) is 27.6 Å². The van der Waals surface area contributed by atoms with Crippen molar-refractivity contribution in [3.05, 3.63) is 71.4 Å². The van der Waals surface area contributed by atoms with E-state index < -0.39 is 0 Å². The fourth-order valence-electron chi connectivity index (χ4n) is 3.46. The fourth-order valence-corrected chi connectivity index (χ4v) is 3.46. The maximum Gasteiger partial charge on any atom is 0.220 e. The molecule has 0 unspecified atom stereocenters. The van der Waals surface area contributed by atoms with Crippen LogP contribution in [0.4, 0.5) is 0 Å². The van der Waals surface area contributed by atoms with Gasteiger partial charge < -0.3 is 9.88 Å². The van der Waals surface area contributed by atoms with Gasteiger partial charge in [0.15, 0.2) is 0 Å². The Morgan fingerprint density at radius 1 is 1.04 bits per heavy atom. The minimum absolute atomic E-state index is 0.145. The summed E-state index contributed by atoms with van der Waals surface area (Å²) in [6.07, 6.45) is 4.56. The lowest BCUT2D eigenvalue weighted by Gasteiger charge is -2.08. The van der Waals surface area contributed by atoms with Crippen LogP contribution in [0.5, 0.6) is 0 Å². The highest BCUT2D eigenvalue weighted by atomic mass is 16.1. The fraction of sp³-hybridized carbons (Fsp3) is 0.375. The molecule has 0 aliphatic heterocycles. The van der Waals surface area contributed by atoms with Gasteiger partial charge in [-0.3, -0.25) is 4.79 Å². The first kappa shape index (κ1) is 19.2. The molecule has 0 bridgehead atoms. The number of rotatable bonds is 8. The molecule has 3 aromatic rings. The van der Waals surface area contributed by atoms with Gasteiger partial charge in [-0.1, -0.05) is 56.3 Å². The second-order valence-corrected chi connectivity index (χ2v) is 7.76. The van der Waals surface area contributed by atoms with Gasteiger partial charge in [-0.05, 0) is 48.4 Å². The summed E-state index contributed by atoms with van der Waals surface area (Å²) in [5, 5.41) is 4.29. The highest BCUT2D eigenvalue weighted by molar-refractivity contribution is 5.85. The Labute approximate surface area is 162 Å². The molecule has 0 aliphatic carbocycles. The molecule has 3 heteroatoms. The molecule has 0 atom stereocenters. The SMILES string of the molecule is Cc1ccccc1Cn1cc(CCC(=O)NCCC(C)C)c2ccccc21. The maximum absolute atomic E-state index is 12.2. The van der Waals surface area contributed by atoms with Crippen molar-refractivity contribution in [2.24, 2.45) is 5.92 Å². The summed E-state index contributed by atoms with van der Waals surface area (Å²) in [5.41, 5.74) is 5.12. The van der Waals surface area contributed by atoms with E-state index in [-0.39, 0.29) is 5.91 Å². The standard InChI is InChI=1S/C24H30N2O/c1-18(2)14-15-25-24(27)13-12-21-17-26(23-11-7-6-10-22(21)23)16-20-9-5-4-8-19(20)3/h4-11,17-18H,12-16H2,1-3H3,(H,25,27). The number of carbonyl (C=O) groups excluding carboxylic acids is 1. The van der Waals surface area contributed by atoms with E-state index in [4.69, 9.17) is 0 Å². The lowest BCUT2D eigenvalue weighted by molar-refractivity contribution is -0.121. The van der Waals surface area contributed by atoms with Crippen molar-refractivity contribution < 1.29 is 4.79 Å². The summed E-state index contributed by atoms with van der Waals surface area (Å²) < 4.78 is 2.31. The Morgan fingerprint density at radius 2 is 1.78 bits per heavy atom. The van der Waals surface area contributed by atoms with E-state index in [0.717, 1.165) is 25.9 Å². The third kappa shape index (κ3) is 5.00. The summed E-state index contributed by atoms with van der Waals surface area (Å²) in [6, 6.07) is 17.0. The van der Waals surface area contributed by atoms with Crippen LogP contribution in [-0.2, 0) is 17.8 Å². The predicted molar refractivity (Wildman–Crippen MR) is 113 cm³/mol. The van der Waals surface area contributed by atoms with Gasteiger partial charge in [0.05, 0.1) is 0 Å². The van der Waals surface area contributed by atoms with Crippen LogP contribution >= 0.6 is 0 Å². The number of fused-ring (bicyclic) bond motifs is 1. The van der Waals surface area contributed by atoms with E-state index in [1.54, 1.807) is 0 Å². The second kappa shape index (κ2) is 8.90. The smallest absolute Gasteiger partial charge is 0.220 e. The van der Waals surface area contributed by atoms with Crippen molar-refractivity contribution >= 4 is 16.8 Å². The molecule has 2 aromatic carbocycles. The maximum atomic E-state index is 12.2. The lowest BCUT2D eigenvalue weighted by atomic mass is 10.1. The zero-order valence-corrected chi connectivity index (χ0v) is 16.7. The predicted octanol–water partition coefficient (Wildman–Crippen LogP) is 5.09. The summed E-state index contributed by atoms with van der Waals surface area (Å²) in [6.45, 7) is 8.13. The van der Waals surface area contributed by atoms with Crippen LogP contribution in [0, 0.1) is 12.8 Å². The number of amides is 1. The van der Waals surface area contributed by atoms with Gasteiger partial charge in [0.1, 0.15) is 0 Å². The average molecular weight is 363 g/mol. The molecule has 0 fully saturated rings. The summed E-state index contributed by atoms with van der Waals surface area (Å²) in [7, 11) is 0. The number of aromatic nitrogens is 1. The largest absolute Gasteiger partial charge is 0.356 e. The third-order valence-electron chi connectivity index (χ3n) is 5.14. The van der Waals surface area contributed by atoms with Crippen molar-refractivity contribution in [3.63, 3.8) is 0 Å². The van der Waals surface area contributed by atoms with Crippen LogP contribution in [0.3, 0.4) is 0 Å². The van der Waals surface area contributed by atoms with E-state index in [2.05, 4.69) is 85.4 Å². The zero-order chi connectivity index (χ0) is 19.2. The molecular weight excluding hydrogens is 332 g/mol. The van der Waals surface area contributed by atoms with Crippen molar-refractivity contribution in [1.82, 2.24) is 9.88 Å². The minimum Gasteiger partial charge on any atom is -0.356 e. The molecule has 0 aliphatic rings. The Morgan fingerprint density at radius 3 is 2.56 bits per heavy atom. The van der Waals surface area contributed by atoms with E-state index in [1.807, 2.05) is 0 Å². The monoisotopic (exact) mass is 362 g/mol. The van der Waals surface area contributed by atoms with Crippen LogP contribution in [0.15, 0.2) is 54.7 Å². The van der Waals surface area contributed by atoms with Crippen LogP contribution < -0.4 is 5.32 Å². The number of carbonyl (C=O) groups is 1. The quantitative estimate of drug-likeness (QED) is 0.595. The first-order valence-electron chi connectivity index (χ1n) is 9.92. The van der Waals surface area contributed by atoms with Crippen molar-refractivity contribution in [1.29, 1.82) is 0 Å². The highest BCUT2D eigenvalue weighted by Gasteiger charge is 2.11. The number of aryl methyl sites for hydroxylation is 2. The molecular formula is C24H30N2O. The second-order valence-electron chi connectivity index (χ2n) is 7.76. The third-order valence-corrected chi connectivity index (χ3v) is 5.14. The first-order chi connectivity index (χ1) is 13.0. The summed E-state index contributed by atoms with van der Waals surface area (Å²) in [4.78, 5) is 12.2. The van der Waals surface area contributed by atoms with Crippen molar-refractivity contribution in [3.8, 4) is 0 Å². The highest BCUT2D eigenvalue weighted by Crippen LogP contribution is 2.24. The molecule has 3 rings (SSSR count). The summed E-state index contributed by atoms with van der Waals surface area (Å²) >= 11 is 0. The minimum atomic E-state index is 0.145. The molecule has 1 heterocycles. The molecule has 1 amide bonds. The Hall–Kier alpha value is -2.55. The van der Waals surface area contributed by atoms with Crippen LogP contribution in [0.2, 0.25) is 0 Å². The zero-order valence-electron chi connectivity index (χ0n) is 16.7. The molecule has 27 heavy (non-hydrogen) atoms. The number of hydrogen-bond acceptors (Lipinski definition) is 1. The Kier molecular flexibility index (Phi) is 6.33. The van der Waals surface area contributed by atoms with Gasteiger partial charge in [0.2, 0.25) is 5.91 Å². The van der Waals surface area contributed by atoms with Gasteiger partial charge in [-0.25, -0.2) is 0 Å². The van der Waals surface area contributed by atoms with Crippen LogP contribution in [0.25, 0.3) is 10.9 Å². The number of benzene rings is 2. The number of hydrogen-bond donors (Lipinski definition) is 1. The van der Waals surface area contributed by atoms with Gasteiger partial charge in [-0.2, -0.15) is 0 Å². The summed E-state index contributed by atoms with van der Waals surface area (Å²) in [5.74, 6) is 0.760. The average Bonchev–Trinajstić information content (AvgIpc) is 2.99. The first-order valence-corrected chi connectivity index (χ1v) is 9.92. The molecule has 142 valence electrons. The molecule has 0 saturated carbocycles. The van der Waals surface area contributed by atoms with E-state index in [0.29, 0.717) is 12.3 Å². The normalized spacial score (nSPS) is 11.3. The van der Waals surface area contributed by atoms with Gasteiger partial charge >= 0.3 is 0 Å². The topological polar surface area (TPSA) is 34.0 Å². The molecule has 3 nitrogen and oxygen atoms in total. The van der Waals surface area contributed by atoms with Crippen LogP contribution in [0.1, 0.15) is 43.4 Å². The lowest BCUT2D eigenvalue weighted by Crippen LogP contribution is -2.25. The van der Waals surface area contributed by atoms with Crippen LogP contribution in [-0.4, -0.2) is 17.0 Å².